The van der Waals surface area contributed by atoms with E-state index in [2.05, 4.69) is 5.43 Å². The zero-order chi connectivity index (χ0) is 13.8. The number of nitrogen functional groups attached to an aromatic ring is 1. The molecule has 2 aromatic heterocycles. The number of hydrogen-bond acceptors (Lipinski definition) is 5. The van der Waals surface area contributed by atoms with E-state index in [1.165, 1.54) is 6.26 Å². The first-order valence-corrected chi connectivity index (χ1v) is 5.90. The van der Waals surface area contributed by atoms with Crippen LogP contribution >= 0.6 is 0 Å². The fourth-order valence-electron chi connectivity index (χ4n) is 1.82. The standard InChI is InChI=1S/C13H17N3O3/c1-9-3-4-11(19-9)6-16(2)7-12-5-10(8-18-12)13(17)15-14/h3-5,8H,6-7,14H2,1-2H3,(H,15,17). The lowest BCUT2D eigenvalue weighted by Gasteiger charge is -2.12. The summed E-state index contributed by atoms with van der Waals surface area (Å²) in [5, 5.41) is 0. The highest BCUT2D eigenvalue weighted by Crippen LogP contribution is 2.13. The molecule has 102 valence electrons. The van der Waals surface area contributed by atoms with Gasteiger partial charge >= 0.3 is 0 Å². The molecule has 0 radical (unpaired) electrons. The van der Waals surface area contributed by atoms with E-state index in [4.69, 9.17) is 14.7 Å². The van der Waals surface area contributed by atoms with Crippen LogP contribution in [0.15, 0.2) is 33.3 Å². The Labute approximate surface area is 111 Å². The van der Waals surface area contributed by atoms with Crippen LogP contribution in [0, 0.1) is 6.92 Å². The molecule has 0 spiro atoms. The third-order valence-electron chi connectivity index (χ3n) is 2.69. The Morgan fingerprint density at radius 1 is 1.37 bits per heavy atom. The average molecular weight is 263 g/mol. The summed E-state index contributed by atoms with van der Waals surface area (Å²) in [6.07, 6.45) is 1.39. The molecule has 0 saturated carbocycles. The largest absolute Gasteiger partial charge is 0.467 e. The number of hydrogen-bond donors (Lipinski definition) is 2. The van der Waals surface area contributed by atoms with Gasteiger partial charge in [-0.15, -0.1) is 0 Å². The number of carbonyl (C=O) groups excluding carboxylic acids is 1. The van der Waals surface area contributed by atoms with Gasteiger partial charge in [-0.1, -0.05) is 0 Å². The minimum Gasteiger partial charge on any atom is -0.467 e. The predicted octanol–water partition coefficient (Wildman–Crippen LogP) is 1.42. The molecule has 2 rings (SSSR count). The van der Waals surface area contributed by atoms with Gasteiger partial charge in [-0.3, -0.25) is 15.1 Å². The van der Waals surface area contributed by atoms with Crippen molar-refractivity contribution < 1.29 is 13.6 Å². The summed E-state index contributed by atoms with van der Waals surface area (Å²) in [6.45, 7) is 3.16. The van der Waals surface area contributed by atoms with Crippen LogP contribution in [-0.2, 0) is 13.1 Å². The van der Waals surface area contributed by atoms with Gasteiger partial charge in [0.1, 0.15) is 23.5 Å². The van der Waals surface area contributed by atoms with Crippen LogP contribution < -0.4 is 11.3 Å². The normalized spacial score (nSPS) is 10.9. The Hall–Kier alpha value is -2.05. The van der Waals surface area contributed by atoms with Crippen molar-refractivity contribution in [1.82, 2.24) is 10.3 Å². The van der Waals surface area contributed by atoms with Gasteiger partial charge in [0.25, 0.3) is 5.91 Å². The van der Waals surface area contributed by atoms with Gasteiger partial charge in [0, 0.05) is 0 Å². The molecule has 3 N–H and O–H groups in total. The van der Waals surface area contributed by atoms with Crippen LogP contribution in [0.4, 0.5) is 0 Å². The molecule has 0 aromatic carbocycles. The Kier molecular flexibility index (Phi) is 4.03. The van der Waals surface area contributed by atoms with Crippen LogP contribution in [0.3, 0.4) is 0 Å². The van der Waals surface area contributed by atoms with Crippen molar-refractivity contribution in [2.24, 2.45) is 5.84 Å². The zero-order valence-electron chi connectivity index (χ0n) is 11.0. The first kappa shape index (κ1) is 13.4. The van der Waals surface area contributed by atoms with Crippen LogP contribution in [0.1, 0.15) is 27.6 Å². The molecule has 6 nitrogen and oxygen atoms in total. The van der Waals surface area contributed by atoms with Crippen molar-refractivity contribution in [3.8, 4) is 0 Å². The van der Waals surface area contributed by atoms with Crippen molar-refractivity contribution in [2.45, 2.75) is 20.0 Å². The number of nitrogens with one attached hydrogen (secondary N) is 1. The van der Waals surface area contributed by atoms with E-state index in [0.717, 1.165) is 11.5 Å². The van der Waals surface area contributed by atoms with E-state index in [9.17, 15) is 4.79 Å². The second-order valence-corrected chi connectivity index (χ2v) is 4.46. The third kappa shape index (κ3) is 3.46. The number of rotatable bonds is 5. The fraction of sp³-hybridized carbons (Fsp3) is 0.308. The van der Waals surface area contributed by atoms with E-state index < -0.39 is 0 Å². The quantitative estimate of drug-likeness (QED) is 0.484. The smallest absolute Gasteiger partial charge is 0.268 e. The number of amides is 1. The van der Waals surface area contributed by atoms with Gasteiger partial charge < -0.3 is 8.83 Å². The molecule has 2 aromatic rings. The van der Waals surface area contributed by atoms with Crippen molar-refractivity contribution in [2.75, 3.05) is 7.05 Å². The monoisotopic (exact) mass is 263 g/mol. The lowest BCUT2D eigenvalue weighted by molar-refractivity contribution is 0.0953. The van der Waals surface area contributed by atoms with Crippen LogP contribution in [0.5, 0.6) is 0 Å². The highest BCUT2D eigenvalue weighted by molar-refractivity contribution is 5.93. The van der Waals surface area contributed by atoms with Gasteiger partial charge in [-0.2, -0.15) is 0 Å². The Morgan fingerprint density at radius 2 is 2.11 bits per heavy atom. The molecule has 0 atom stereocenters. The summed E-state index contributed by atoms with van der Waals surface area (Å²) in [5.41, 5.74) is 2.48. The minimum absolute atomic E-state index is 0.362. The Balaban J connectivity index is 1.93. The van der Waals surface area contributed by atoms with Gasteiger partial charge in [0.2, 0.25) is 0 Å². The minimum atomic E-state index is -0.362. The maximum Gasteiger partial charge on any atom is 0.268 e. The van der Waals surface area contributed by atoms with E-state index in [-0.39, 0.29) is 5.91 Å². The van der Waals surface area contributed by atoms with Crippen LogP contribution in [0.2, 0.25) is 0 Å². The number of nitrogens with zero attached hydrogens (tertiary/aromatic N) is 1. The first-order chi connectivity index (χ1) is 9.08. The maximum absolute atomic E-state index is 11.3. The van der Waals surface area contributed by atoms with E-state index in [0.29, 0.717) is 24.4 Å². The molecule has 0 saturated heterocycles. The lowest BCUT2D eigenvalue weighted by atomic mass is 10.3. The average Bonchev–Trinajstić information content (AvgIpc) is 2.98. The highest BCUT2D eigenvalue weighted by atomic mass is 16.3. The molecule has 6 heteroatoms. The van der Waals surface area contributed by atoms with Gasteiger partial charge in [0.05, 0.1) is 18.7 Å². The molecule has 0 bridgehead atoms. The van der Waals surface area contributed by atoms with Crippen molar-refractivity contribution in [3.63, 3.8) is 0 Å². The molecule has 2 heterocycles. The van der Waals surface area contributed by atoms with E-state index >= 15 is 0 Å². The number of hydrazine groups is 1. The summed E-state index contributed by atoms with van der Waals surface area (Å²) in [5.74, 6) is 7.18. The molecule has 0 fully saturated rings. The Morgan fingerprint density at radius 3 is 2.74 bits per heavy atom. The third-order valence-corrected chi connectivity index (χ3v) is 2.69. The number of aryl methyl sites for hydroxylation is 1. The summed E-state index contributed by atoms with van der Waals surface area (Å²) in [4.78, 5) is 13.3. The van der Waals surface area contributed by atoms with Crippen molar-refractivity contribution in [1.29, 1.82) is 0 Å². The molecule has 1 amide bonds. The molecule has 0 aliphatic heterocycles. The van der Waals surface area contributed by atoms with Gasteiger partial charge in [-0.05, 0) is 32.2 Å². The molecule has 0 aliphatic carbocycles. The number of nitrogens with two attached hydrogens (primary N) is 1. The second kappa shape index (κ2) is 5.73. The van der Waals surface area contributed by atoms with E-state index in [1.807, 2.05) is 31.0 Å². The molecular weight excluding hydrogens is 246 g/mol. The summed E-state index contributed by atoms with van der Waals surface area (Å²) >= 11 is 0. The topological polar surface area (TPSA) is 84.6 Å². The molecular formula is C13H17N3O3. The van der Waals surface area contributed by atoms with E-state index in [1.54, 1.807) is 6.07 Å². The van der Waals surface area contributed by atoms with Gasteiger partial charge in [0.15, 0.2) is 0 Å². The summed E-state index contributed by atoms with van der Waals surface area (Å²) in [6, 6.07) is 5.55. The fourth-order valence-corrected chi connectivity index (χ4v) is 1.82. The SMILES string of the molecule is Cc1ccc(CN(C)Cc2cc(C(=O)NN)co2)o1. The molecule has 0 unspecified atom stereocenters. The molecule has 0 aliphatic rings. The van der Waals surface area contributed by atoms with Gasteiger partial charge in [-0.25, -0.2) is 5.84 Å². The summed E-state index contributed by atoms with van der Waals surface area (Å²) in [7, 11) is 1.95. The van der Waals surface area contributed by atoms with Crippen molar-refractivity contribution in [3.05, 3.63) is 47.3 Å². The van der Waals surface area contributed by atoms with Crippen molar-refractivity contribution >= 4 is 5.91 Å². The Bertz CT molecular complexity index is 559. The summed E-state index contributed by atoms with van der Waals surface area (Å²) < 4.78 is 10.8. The first-order valence-electron chi connectivity index (χ1n) is 5.90. The second-order valence-electron chi connectivity index (χ2n) is 4.46. The highest BCUT2D eigenvalue weighted by Gasteiger charge is 2.11. The lowest BCUT2D eigenvalue weighted by Crippen LogP contribution is -2.29. The number of carbonyl (C=O) groups is 1. The van der Waals surface area contributed by atoms with Crippen LogP contribution in [0.25, 0.3) is 0 Å². The predicted molar refractivity (Wildman–Crippen MR) is 69.0 cm³/mol. The van der Waals surface area contributed by atoms with Crippen LogP contribution in [-0.4, -0.2) is 17.9 Å². The maximum atomic E-state index is 11.3. The molecule has 19 heavy (non-hydrogen) atoms. The zero-order valence-corrected chi connectivity index (χ0v) is 11.0. The number of furan rings is 2.